The highest BCUT2D eigenvalue weighted by Crippen LogP contribution is 2.19. The fraction of sp³-hybridized carbons (Fsp3) is 0.211. The van der Waals surface area contributed by atoms with E-state index in [0.29, 0.717) is 16.7 Å². The highest BCUT2D eigenvalue weighted by molar-refractivity contribution is 5.95. The molecule has 0 aliphatic carbocycles. The van der Waals surface area contributed by atoms with Crippen molar-refractivity contribution >= 4 is 34.6 Å². The third-order valence-corrected chi connectivity index (χ3v) is 8.46. The summed E-state index contributed by atoms with van der Waals surface area (Å²) in [6.45, 7) is 0. The number of carbonyl (C=O) groups excluding carboxylic acids is 3. The Morgan fingerprint density at radius 2 is 0.980 bits per heavy atom. The van der Waals surface area contributed by atoms with Crippen molar-refractivity contribution in [2.24, 2.45) is 5.73 Å². The predicted molar refractivity (Wildman–Crippen MR) is 189 cm³/mol. The first-order valence-electron chi connectivity index (χ1n) is 16.2. The van der Waals surface area contributed by atoms with E-state index in [1.807, 2.05) is 24.3 Å². The van der Waals surface area contributed by atoms with Gasteiger partial charge < -0.3 is 47.1 Å². The summed E-state index contributed by atoms with van der Waals surface area (Å²) >= 11 is 0. The zero-order valence-corrected chi connectivity index (χ0v) is 27.5. The quantitative estimate of drug-likeness (QED) is 0.0784. The molecule has 13 heteroatoms. The first-order valence-corrected chi connectivity index (χ1v) is 16.2. The molecule has 5 aromatic rings. The van der Waals surface area contributed by atoms with Gasteiger partial charge in [0.1, 0.15) is 35.4 Å². The van der Waals surface area contributed by atoms with Crippen LogP contribution in [0.1, 0.15) is 22.3 Å². The summed E-state index contributed by atoms with van der Waals surface area (Å²) in [5.74, 6) is -3.46. The van der Waals surface area contributed by atoms with Crippen LogP contribution in [0.2, 0.25) is 0 Å². The van der Waals surface area contributed by atoms with Crippen molar-refractivity contribution in [2.75, 3.05) is 0 Å². The summed E-state index contributed by atoms with van der Waals surface area (Å²) in [7, 11) is 0. The van der Waals surface area contributed by atoms with E-state index < -0.39 is 47.9 Å². The van der Waals surface area contributed by atoms with Crippen LogP contribution in [0, 0.1) is 0 Å². The average molecular weight is 694 g/mol. The standard InChI is InChI=1S/C38H39N5O8/c39-30(20-25-21-40-31-4-2-1-3-29(25)31)35(47)41-32(17-22-5-11-26(44)12-6-22)36(48)42-33(18-23-7-13-27(45)14-8-23)37(49)43-34(38(50)51)19-24-9-15-28(46)16-10-24/h1-16,21,30,32-34,40,44-46H,17-20,39H2,(H,41,47)(H,42,48)(H,43,49)(H,50,51). The van der Waals surface area contributed by atoms with Crippen LogP contribution < -0.4 is 21.7 Å². The van der Waals surface area contributed by atoms with Crippen LogP contribution in [0.4, 0.5) is 0 Å². The molecule has 1 aromatic heterocycles. The Balaban J connectivity index is 1.37. The number of para-hydroxylation sites is 1. The van der Waals surface area contributed by atoms with Crippen molar-refractivity contribution < 1.29 is 39.6 Å². The number of carboxylic acid groups (broad SMARTS) is 1. The maximum Gasteiger partial charge on any atom is 0.326 e. The first-order chi connectivity index (χ1) is 24.4. The molecule has 3 amide bonds. The molecule has 10 N–H and O–H groups in total. The number of amides is 3. The molecule has 4 aromatic carbocycles. The Morgan fingerprint density at radius 1 is 0.569 bits per heavy atom. The smallest absolute Gasteiger partial charge is 0.326 e. The number of aromatic hydroxyl groups is 3. The summed E-state index contributed by atoms with van der Waals surface area (Å²) in [5, 5.41) is 47.9. The van der Waals surface area contributed by atoms with Crippen molar-refractivity contribution in [1.82, 2.24) is 20.9 Å². The summed E-state index contributed by atoms with van der Waals surface area (Å²) < 4.78 is 0. The van der Waals surface area contributed by atoms with E-state index in [4.69, 9.17) is 5.73 Å². The normalized spacial score (nSPS) is 13.4. The lowest BCUT2D eigenvalue weighted by Crippen LogP contribution is -2.58. The van der Waals surface area contributed by atoms with Crippen molar-refractivity contribution in [1.29, 1.82) is 0 Å². The fourth-order valence-electron chi connectivity index (χ4n) is 5.68. The monoisotopic (exact) mass is 693 g/mol. The summed E-state index contributed by atoms with van der Waals surface area (Å²) in [6, 6.07) is 20.5. The van der Waals surface area contributed by atoms with Crippen LogP contribution >= 0.6 is 0 Å². The summed E-state index contributed by atoms with van der Waals surface area (Å²) in [4.78, 5) is 56.5. The lowest BCUT2D eigenvalue weighted by atomic mass is 10.0. The van der Waals surface area contributed by atoms with Crippen molar-refractivity contribution in [2.45, 2.75) is 49.9 Å². The minimum Gasteiger partial charge on any atom is -0.508 e. The number of phenolic OH excluding ortho intramolecular Hbond substituents is 3. The van der Waals surface area contributed by atoms with Gasteiger partial charge in [-0.05, 0) is 71.1 Å². The molecule has 0 saturated heterocycles. The molecule has 0 radical (unpaired) electrons. The maximum atomic E-state index is 14.0. The number of aromatic nitrogens is 1. The molecule has 0 aliphatic heterocycles. The second-order valence-electron chi connectivity index (χ2n) is 12.3. The Morgan fingerprint density at radius 3 is 1.45 bits per heavy atom. The first kappa shape index (κ1) is 36.0. The molecule has 51 heavy (non-hydrogen) atoms. The van der Waals surface area contributed by atoms with Crippen molar-refractivity contribution in [3.63, 3.8) is 0 Å². The molecule has 1 heterocycles. The van der Waals surface area contributed by atoms with Gasteiger partial charge in [0.15, 0.2) is 0 Å². The Labute approximate surface area is 293 Å². The van der Waals surface area contributed by atoms with Crippen LogP contribution in [0.5, 0.6) is 17.2 Å². The van der Waals surface area contributed by atoms with Gasteiger partial charge in [0, 0.05) is 36.4 Å². The molecule has 0 fully saturated rings. The molecular weight excluding hydrogens is 654 g/mol. The number of hydrogen-bond donors (Lipinski definition) is 9. The molecule has 0 aliphatic rings. The van der Waals surface area contributed by atoms with Crippen LogP contribution in [-0.2, 0) is 44.9 Å². The van der Waals surface area contributed by atoms with E-state index in [9.17, 15) is 39.6 Å². The van der Waals surface area contributed by atoms with Gasteiger partial charge in [-0.15, -0.1) is 0 Å². The number of hydrogen-bond acceptors (Lipinski definition) is 8. The van der Waals surface area contributed by atoms with Gasteiger partial charge in [-0.1, -0.05) is 54.6 Å². The van der Waals surface area contributed by atoms with E-state index in [2.05, 4.69) is 20.9 Å². The zero-order chi connectivity index (χ0) is 36.5. The Bertz CT molecular complexity index is 1980. The number of fused-ring (bicyclic) bond motifs is 1. The molecule has 4 atom stereocenters. The fourth-order valence-corrected chi connectivity index (χ4v) is 5.68. The van der Waals surface area contributed by atoms with E-state index in [1.165, 1.54) is 48.5 Å². The summed E-state index contributed by atoms with van der Waals surface area (Å²) in [5.41, 5.74) is 9.73. The number of carboxylic acids is 1. The van der Waals surface area contributed by atoms with Crippen LogP contribution in [0.3, 0.4) is 0 Å². The van der Waals surface area contributed by atoms with Crippen molar-refractivity contribution in [3.05, 3.63) is 126 Å². The number of H-pyrrole nitrogens is 1. The molecule has 264 valence electrons. The number of aromatic amines is 1. The lowest BCUT2D eigenvalue weighted by molar-refractivity contribution is -0.142. The highest BCUT2D eigenvalue weighted by atomic mass is 16.4. The number of nitrogens with one attached hydrogen (secondary N) is 4. The summed E-state index contributed by atoms with van der Waals surface area (Å²) in [6.07, 6.45) is 1.74. The Kier molecular flexibility index (Phi) is 11.5. The lowest BCUT2D eigenvalue weighted by Gasteiger charge is -2.25. The number of benzene rings is 4. The average Bonchev–Trinajstić information content (AvgIpc) is 3.52. The number of phenols is 3. The molecule has 5 rings (SSSR count). The predicted octanol–water partition coefficient (Wildman–Crippen LogP) is 2.42. The molecule has 0 saturated carbocycles. The van der Waals surface area contributed by atoms with E-state index in [0.717, 1.165) is 16.5 Å². The van der Waals surface area contributed by atoms with Crippen molar-refractivity contribution in [3.8, 4) is 17.2 Å². The molecule has 0 bridgehead atoms. The Hall–Kier alpha value is -6.34. The SMILES string of the molecule is NC(Cc1c[nH]c2ccccc12)C(=O)NC(Cc1ccc(O)cc1)C(=O)NC(Cc1ccc(O)cc1)C(=O)NC(Cc1ccc(O)cc1)C(=O)O. The second-order valence-corrected chi connectivity index (χ2v) is 12.3. The van der Waals surface area contributed by atoms with Gasteiger partial charge in [-0.3, -0.25) is 14.4 Å². The largest absolute Gasteiger partial charge is 0.508 e. The topological polar surface area (TPSA) is 227 Å². The van der Waals surface area contributed by atoms with E-state index in [1.54, 1.807) is 30.5 Å². The van der Waals surface area contributed by atoms with Gasteiger partial charge >= 0.3 is 5.97 Å². The number of carbonyl (C=O) groups is 4. The highest BCUT2D eigenvalue weighted by Gasteiger charge is 2.31. The van der Waals surface area contributed by atoms with Crippen LogP contribution in [0.15, 0.2) is 103 Å². The van der Waals surface area contributed by atoms with E-state index >= 15 is 0 Å². The molecule has 13 nitrogen and oxygen atoms in total. The molecule has 0 spiro atoms. The number of nitrogens with two attached hydrogens (primary N) is 1. The minimum atomic E-state index is -1.38. The molecular formula is C38H39N5O8. The minimum absolute atomic E-state index is 0.000736. The third-order valence-electron chi connectivity index (χ3n) is 8.46. The van der Waals surface area contributed by atoms with Gasteiger partial charge in [-0.25, -0.2) is 4.79 Å². The third kappa shape index (κ3) is 9.86. The second kappa shape index (κ2) is 16.4. The van der Waals surface area contributed by atoms with Gasteiger partial charge in [-0.2, -0.15) is 0 Å². The van der Waals surface area contributed by atoms with Gasteiger partial charge in [0.05, 0.1) is 6.04 Å². The molecule has 4 unspecified atom stereocenters. The zero-order valence-electron chi connectivity index (χ0n) is 27.5. The van der Waals surface area contributed by atoms with E-state index in [-0.39, 0.29) is 42.9 Å². The van der Waals surface area contributed by atoms with Crippen LogP contribution in [0.25, 0.3) is 10.9 Å². The number of rotatable bonds is 15. The van der Waals surface area contributed by atoms with Crippen LogP contribution in [-0.4, -0.2) is 73.3 Å². The van der Waals surface area contributed by atoms with Gasteiger partial charge in [0.2, 0.25) is 17.7 Å². The number of aliphatic carboxylic acids is 1. The maximum absolute atomic E-state index is 14.0. The van der Waals surface area contributed by atoms with Gasteiger partial charge in [0.25, 0.3) is 0 Å².